The first-order chi connectivity index (χ1) is 14.2. The minimum Gasteiger partial charge on any atom is -0.315 e. The summed E-state index contributed by atoms with van der Waals surface area (Å²) < 4.78 is 41.3. The molecule has 0 saturated heterocycles. The number of benzene rings is 1. The highest BCUT2D eigenvalue weighted by atomic mass is 32.1. The van der Waals surface area contributed by atoms with E-state index in [2.05, 4.69) is 15.4 Å². The van der Waals surface area contributed by atoms with E-state index in [1.165, 1.54) is 35.6 Å². The maximum Gasteiger partial charge on any atom is 0.433 e. The van der Waals surface area contributed by atoms with Gasteiger partial charge in [-0.25, -0.2) is 9.50 Å². The molecule has 0 fully saturated rings. The lowest BCUT2D eigenvalue weighted by Gasteiger charge is -2.10. The highest BCUT2D eigenvalue weighted by Crippen LogP contribution is 2.33. The number of carbonyl (C=O) groups is 1. The molecule has 0 aliphatic carbocycles. The van der Waals surface area contributed by atoms with Crippen LogP contribution in [0.25, 0.3) is 16.2 Å². The third kappa shape index (κ3) is 3.59. The fraction of sp³-hybridized carbons (Fsp3) is 0.0556. The van der Waals surface area contributed by atoms with E-state index in [9.17, 15) is 28.1 Å². The minimum atomic E-state index is -4.74. The highest BCUT2D eigenvalue weighted by molar-refractivity contribution is 7.13. The maximum absolute atomic E-state index is 13.6. The molecule has 4 rings (SSSR count). The summed E-state index contributed by atoms with van der Waals surface area (Å²) in [5.41, 5.74) is -2.01. The molecule has 152 valence electrons. The van der Waals surface area contributed by atoms with E-state index >= 15 is 0 Å². The van der Waals surface area contributed by atoms with Gasteiger partial charge in [-0.3, -0.25) is 14.9 Å². The Labute approximate surface area is 169 Å². The van der Waals surface area contributed by atoms with Gasteiger partial charge < -0.3 is 5.32 Å². The predicted octanol–water partition coefficient (Wildman–Crippen LogP) is 4.64. The smallest absolute Gasteiger partial charge is 0.315 e. The van der Waals surface area contributed by atoms with Crippen LogP contribution >= 0.6 is 11.3 Å². The fourth-order valence-corrected chi connectivity index (χ4v) is 3.45. The molecule has 8 nitrogen and oxygen atoms in total. The van der Waals surface area contributed by atoms with Crippen LogP contribution in [-0.4, -0.2) is 25.4 Å². The van der Waals surface area contributed by atoms with Crippen LogP contribution in [0.1, 0.15) is 16.2 Å². The van der Waals surface area contributed by atoms with E-state index < -0.39 is 22.7 Å². The molecule has 0 unspecified atom stereocenters. The number of alkyl halides is 3. The Morgan fingerprint density at radius 3 is 2.60 bits per heavy atom. The number of fused-ring (bicyclic) bond motifs is 1. The van der Waals surface area contributed by atoms with E-state index in [1.807, 2.05) is 0 Å². The Morgan fingerprint density at radius 2 is 1.93 bits per heavy atom. The third-order valence-electron chi connectivity index (χ3n) is 4.07. The Bertz CT molecular complexity index is 1270. The maximum atomic E-state index is 13.6. The standard InChI is InChI=1S/C18H10F3N5O3S/c19-18(20,21)15-8-11(14-6-3-7-30-14)22-16-9-12(24-25(15)16)17(27)23-10-4-1-2-5-13(10)26(28)29/h1-9H,(H,23,27). The number of rotatable bonds is 4. The van der Waals surface area contributed by atoms with Crippen LogP contribution in [0.4, 0.5) is 24.5 Å². The number of aromatic nitrogens is 3. The summed E-state index contributed by atoms with van der Waals surface area (Å²) in [6.45, 7) is 0. The number of nitrogens with zero attached hydrogens (tertiary/aromatic N) is 4. The molecule has 3 heterocycles. The number of hydrogen-bond acceptors (Lipinski definition) is 6. The summed E-state index contributed by atoms with van der Waals surface area (Å²) >= 11 is 1.22. The summed E-state index contributed by atoms with van der Waals surface area (Å²) in [6.07, 6.45) is -4.74. The Kier molecular flexibility index (Phi) is 4.70. The van der Waals surface area contributed by atoms with Crippen LogP contribution in [0.3, 0.4) is 0 Å². The molecule has 3 aromatic heterocycles. The van der Waals surface area contributed by atoms with Gasteiger partial charge in [-0.2, -0.15) is 18.3 Å². The summed E-state index contributed by atoms with van der Waals surface area (Å²) in [5.74, 6) is -0.902. The van der Waals surface area contributed by atoms with Crippen molar-refractivity contribution in [1.82, 2.24) is 14.6 Å². The highest BCUT2D eigenvalue weighted by Gasteiger charge is 2.36. The summed E-state index contributed by atoms with van der Waals surface area (Å²) in [4.78, 5) is 27.6. The summed E-state index contributed by atoms with van der Waals surface area (Å²) in [7, 11) is 0. The van der Waals surface area contributed by atoms with Crippen molar-refractivity contribution in [3.63, 3.8) is 0 Å². The molecule has 0 atom stereocenters. The van der Waals surface area contributed by atoms with Crippen molar-refractivity contribution in [3.05, 3.63) is 75.4 Å². The first-order valence-electron chi connectivity index (χ1n) is 8.31. The van der Waals surface area contributed by atoms with Crippen LogP contribution in [0.2, 0.25) is 0 Å². The topological polar surface area (TPSA) is 102 Å². The van der Waals surface area contributed by atoms with Crippen molar-refractivity contribution >= 4 is 34.3 Å². The van der Waals surface area contributed by atoms with Gasteiger partial charge in [0.25, 0.3) is 11.6 Å². The monoisotopic (exact) mass is 433 g/mol. The zero-order chi connectivity index (χ0) is 21.5. The Morgan fingerprint density at radius 1 is 1.17 bits per heavy atom. The number of hydrogen-bond donors (Lipinski definition) is 1. The van der Waals surface area contributed by atoms with Crippen molar-refractivity contribution in [2.45, 2.75) is 6.18 Å². The SMILES string of the molecule is O=C(Nc1ccccc1[N+](=O)[O-])c1cc2nc(-c3cccs3)cc(C(F)(F)F)n2n1. The van der Waals surface area contributed by atoms with Crippen molar-refractivity contribution < 1.29 is 22.9 Å². The zero-order valence-corrected chi connectivity index (χ0v) is 15.6. The average molecular weight is 433 g/mol. The number of para-hydroxylation sites is 2. The molecule has 4 aromatic rings. The fourth-order valence-electron chi connectivity index (χ4n) is 2.76. The lowest BCUT2D eigenvalue weighted by molar-refractivity contribution is -0.383. The number of carbonyl (C=O) groups excluding carboxylic acids is 1. The molecule has 0 saturated carbocycles. The van der Waals surface area contributed by atoms with Gasteiger partial charge in [0.05, 0.1) is 15.5 Å². The number of halogens is 3. The average Bonchev–Trinajstić information content (AvgIpc) is 3.36. The Balaban J connectivity index is 1.78. The van der Waals surface area contributed by atoms with Gasteiger partial charge in [0.2, 0.25) is 0 Å². The molecule has 0 bridgehead atoms. The van der Waals surface area contributed by atoms with Gasteiger partial charge >= 0.3 is 6.18 Å². The van der Waals surface area contributed by atoms with Crippen LogP contribution in [-0.2, 0) is 6.18 Å². The van der Waals surface area contributed by atoms with E-state index in [4.69, 9.17) is 0 Å². The lowest BCUT2D eigenvalue weighted by Crippen LogP contribution is -2.16. The molecule has 0 aliphatic heterocycles. The van der Waals surface area contributed by atoms with Crippen LogP contribution < -0.4 is 5.32 Å². The van der Waals surface area contributed by atoms with Crippen LogP contribution in [0.15, 0.2) is 53.9 Å². The van der Waals surface area contributed by atoms with Crippen molar-refractivity contribution in [2.75, 3.05) is 5.32 Å². The van der Waals surface area contributed by atoms with E-state index in [0.717, 1.165) is 12.1 Å². The van der Waals surface area contributed by atoms with Crippen LogP contribution in [0, 0.1) is 10.1 Å². The second-order valence-corrected chi connectivity index (χ2v) is 6.98. The lowest BCUT2D eigenvalue weighted by atomic mass is 10.2. The molecular weight excluding hydrogens is 423 g/mol. The zero-order valence-electron chi connectivity index (χ0n) is 14.8. The molecule has 0 radical (unpaired) electrons. The second kappa shape index (κ2) is 7.22. The second-order valence-electron chi connectivity index (χ2n) is 6.03. The number of nitro benzene ring substituents is 1. The van der Waals surface area contributed by atoms with Crippen molar-refractivity contribution in [1.29, 1.82) is 0 Å². The quantitative estimate of drug-likeness (QED) is 0.373. The first kappa shape index (κ1) is 19.5. The third-order valence-corrected chi connectivity index (χ3v) is 4.97. The molecule has 1 aromatic carbocycles. The molecule has 12 heteroatoms. The number of thiophene rings is 1. The summed E-state index contributed by atoms with van der Waals surface area (Å²) in [5, 5.41) is 18.8. The summed E-state index contributed by atoms with van der Waals surface area (Å²) in [6, 6.07) is 10.7. The Hall–Kier alpha value is -3.80. The molecular formula is C18H10F3N5O3S. The van der Waals surface area contributed by atoms with Gasteiger partial charge in [-0.1, -0.05) is 18.2 Å². The number of amides is 1. The van der Waals surface area contributed by atoms with Crippen LogP contribution in [0.5, 0.6) is 0 Å². The first-order valence-corrected chi connectivity index (χ1v) is 9.18. The molecule has 30 heavy (non-hydrogen) atoms. The number of nitro groups is 1. The number of anilines is 1. The predicted molar refractivity (Wildman–Crippen MR) is 102 cm³/mol. The van der Waals surface area contributed by atoms with Crippen molar-refractivity contribution in [3.8, 4) is 10.6 Å². The van der Waals surface area contributed by atoms with Gasteiger partial charge in [0.15, 0.2) is 17.0 Å². The molecule has 1 amide bonds. The van der Waals surface area contributed by atoms with E-state index in [-0.39, 0.29) is 28.4 Å². The molecule has 0 spiro atoms. The minimum absolute atomic E-state index is 0.0929. The largest absolute Gasteiger partial charge is 0.433 e. The van der Waals surface area contributed by atoms with Gasteiger partial charge in [-0.15, -0.1) is 11.3 Å². The number of nitrogens with one attached hydrogen (secondary N) is 1. The normalized spacial score (nSPS) is 11.6. The molecule has 1 N–H and O–H groups in total. The molecule has 0 aliphatic rings. The van der Waals surface area contributed by atoms with Gasteiger partial charge in [0.1, 0.15) is 5.69 Å². The van der Waals surface area contributed by atoms with Gasteiger partial charge in [0, 0.05) is 12.1 Å². The van der Waals surface area contributed by atoms with E-state index in [0.29, 0.717) is 9.39 Å². The van der Waals surface area contributed by atoms with E-state index in [1.54, 1.807) is 17.5 Å². The van der Waals surface area contributed by atoms with Crippen molar-refractivity contribution in [2.24, 2.45) is 0 Å². The van der Waals surface area contributed by atoms with Gasteiger partial charge in [-0.05, 0) is 23.6 Å².